The van der Waals surface area contributed by atoms with E-state index in [1.54, 1.807) is 31.4 Å². The molecule has 0 spiro atoms. The fourth-order valence-electron chi connectivity index (χ4n) is 3.00. The average Bonchev–Trinajstić information content (AvgIpc) is 3.27. The fraction of sp³-hybridized carbons (Fsp3) is 0.143. The maximum atomic E-state index is 13.2. The Morgan fingerprint density at radius 3 is 2.63 bits per heavy atom. The van der Waals surface area contributed by atoms with E-state index in [1.165, 1.54) is 0 Å². The summed E-state index contributed by atoms with van der Waals surface area (Å²) < 4.78 is 11.1. The van der Waals surface area contributed by atoms with Crippen LogP contribution >= 0.6 is 11.3 Å². The highest BCUT2D eigenvalue weighted by atomic mass is 32.1. The van der Waals surface area contributed by atoms with Gasteiger partial charge in [0.05, 0.1) is 23.8 Å². The van der Waals surface area contributed by atoms with E-state index in [9.17, 15) is 9.90 Å². The van der Waals surface area contributed by atoms with Gasteiger partial charge in [0.15, 0.2) is 5.95 Å². The fourth-order valence-corrected chi connectivity index (χ4v) is 4.04. The highest BCUT2D eigenvalue weighted by Gasteiger charge is 2.32. The Labute approximate surface area is 175 Å². The van der Waals surface area contributed by atoms with Gasteiger partial charge in [-0.1, -0.05) is 5.57 Å². The van der Waals surface area contributed by atoms with Gasteiger partial charge in [0.1, 0.15) is 15.5 Å². The van der Waals surface area contributed by atoms with Crippen molar-refractivity contribution >= 4 is 39.1 Å². The number of hydrogen-bond donors (Lipinski definition) is 1. The van der Waals surface area contributed by atoms with E-state index in [0.29, 0.717) is 21.7 Å². The number of nitrogens with zero attached hydrogens (tertiary/aromatic N) is 3. The molecule has 8 nitrogen and oxygen atoms in total. The van der Waals surface area contributed by atoms with E-state index in [-0.39, 0.29) is 16.3 Å². The summed E-state index contributed by atoms with van der Waals surface area (Å²) >= 11 is 1.13. The number of fused-ring (bicyclic) bond motifs is 1. The SMILES string of the molecule is COc1ccc(-[n+]2noc([O-])c2C(=O)c2sc3nc(C=C(C)C)ccc3c2N)cc1. The zero-order valence-electron chi connectivity index (χ0n) is 16.5. The van der Waals surface area contributed by atoms with Crippen LogP contribution < -0.4 is 20.3 Å². The summed E-state index contributed by atoms with van der Waals surface area (Å²) in [5.41, 5.74) is 8.62. The number of hydrogen-bond acceptors (Lipinski definition) is 8. The Balaban J connectivity index is 1.80. The van der Waals surface area contributed by atoms with Gasteiger partial charge in [-0.05, 0) is 48.9 Å². The monoisotopic (exact) mass is 422 g/mol. The highest BCUT2D eigenvalue weighted by Crippen LogP contribution is 2.35. The van der Waals surface area contributed by atoms with Crippen LogP contribution in [0.1, 0.15) is 34.9 Å². The zero-order chi connectivity index (χ0) is 21.4. The summed E-state index contributed by atoms with van der Waals surface area (Å²) in [6, 6.07) is 10.4. The number of ether oxygens (including phenoxy) is 1. The maximum Gasteiger partial charge on any atom is 0.312 e. The molecule has 3 aromatic heterocycles. The predicted molar refractivity (Wildman–Crippen MR) is 111 cm³/mol. The predicted octanol–water partition coefficient (Wildman–Crippen LogP) is 2.88. The molecular weight excluding hydrogens is 404 g/mol. The summed E-state index contributed by atoms with van der Waals surface area (Å²) in [7, 11) is 1.55. The number of carbonyl (C=O) groups is 1. The van der Waals surface area contributed by atoms with Crippen LogP contribution in [0, 0.1) is 0 Å². The largest absolute Gasteiger partial charge is 0.539 e. The lowest BCUT2D eigenvalue weighted by molar-refractivity contribution is -0.672. The first-order chi connectivity index (χ1) is 14.4. The minimum Gasteiger partial charge on any atom is -0.539 e. The second kappa shape index (κ2) is 7.60. The third-order valence-electron chi connectivity index (χ3n) is 4.40. The normalized spacial score (nSPS) is 10.9. The van der Waals surface area contributed by atoms with Crippen molar-refractivity contribution in [2.45, 2.75) is 13.8 Å². The van der Waals surface area contributed by atoms with Crippen molar-refractivity contribution in [3.05, 3.63) is 58.2 Å². The molecule has 9 heteroatoms. The Bertz CT molecular complexity index is 1280. The first-order valence-corrected chi connectivity index (χ1v) is 9.82. The van der Waals surface area contributed by atoms with Crippen molar-refractivity contribution in [1.82, 2.24) is 10.3 Å². The lowest BCUT2D eigenvalue weighted by Crippen LogP contribution is -2.39. The first-order valence-electron chi connectivity index (χ1n) is 9.01. The van der Waals surface area contributed by atoms with Crippen molar-refractivity contribution in [2.24, 2.45) is 0 Å². The van der Waals surface area contributed by atoms with Gasteiger partial charge < -0.3 is 20.1 Å². The zero-order valence-corrected chi connectivity index (χ0v) is 17.3. The lowest BCUT2D eigenvalue weighted by Gasteiger charge is -1.99. The minimum absolute atomic E-state index is 0.217. The van der Waals surface area contributed by atoms with Crippen molar-refractivity contribution in [3.8, 4) is 17.4 Å². The molecular formula is C21H18N4O4S. The lowest BCUT2D eigenvalue weighted by atomic mass is 10.1. The van der Waals surface area contributed by atoms with E-state index in [0.717, 1.165) is 27.3 Å². The molecule has 0 aliphatic carbocycles. The standard InChI is InChI=1S/C21H18N4O4S/c1-11(2)10-12-4-9-15-16(22)19(30-20(15)23-12)18(26)17-21(27)29-24-25(17)13-5-7-14(28-3)8-6-13/h4-10H,1-3H3,(H2-,22,24,26,27). The van der Waals surface area contributed by atoms with E-state index in [4.69, 9.17) is 15.0 Å². The number of carbonyl (C=O) groups excluding carboxylic acids is 1. The summed E-state index contributed by atoms with van der Waals surface area (Å²) in [6.45, 7) is 3.95. The second-order valence-electron chi connectivity index (χ2n) is 6.80. The van der Waals surface area contributed by atoms with Gasteiger partial charge in [0.2, 0.25) is 5.69 Å². The second-order valence-corrected chi connectivity index (χ2v) is 7.80. The summed E-state index contributed by atoms with van der Waals surface area (Å²) in [4.78, 5) is 18.6. The van der Waals surface area contributed by atoms with Gasteiger partial charge >= 0.3 is 5.69 Å². The third-order valence-corrected chi connectivity index (χ3v) is 5.51. The van der Waals surface area contributed by atoms with Crippen LogP contribution in [0.5, 0.6) is 11.7 Å². The molecule has 2 N–H and O–H groups in total. The number of benzene rings is 1. The maximum absolute atomic E-state index is 13.2. The van der Waals surface area contributed by atoms with Gasteiger partial charge in [0, 0.05) is 17.5 Å². The van der Waals surface area contributed by atoms with E-state index < -0.39 is 11.7 Å². The van der Waals surface area contributed by atoms with E-state index in [2.05, 4.69) is 10.3 Å². The van der Waals surface area contributed by atoms with Gasteiger partial charge in [-0.3, -0.25) is 4.79 Å². The Morgan fingerprint density at radius 2 is 1.97 bits per heavy atom. The Kier molecular flexibility index (Phi) is 4.96. The van der Waals surface area contributed by atoms with Gasteiger partial charge in [-0.2, -0.15) is 0 Å². The van der Waals surface area contributed by atoms with Crippen LogP contribution in [0.3, 0.4) is 0 Å². The molecule has 0 aliphatic rings. The Hall–Kier alpha value is -3.72. The summed E-state index contributed by atoms with van der Waals surface area (Å²) in [5.74, 6) is -0.780. The average molecular weight is 422 g/mol. The molecule has 0 atom stereocenters. The molecule has 0 radical (unpaired) electrons. The van der Waals surface area contributed by atoms with Crippen LogP contribution in [-0.2, 0) is 0 Å². The van der Waals surface area contributed by atoms with Crippen molar-refractivity contribution in [3.63, 3.8) is 0 Å². The van der Waals surface area contributed by atoms with E-state index in [1.807, 2.05) is 32.1 Å². The quantitative estimate of drug-likeness (QED) is 0.388. The van der Waals surface area contributed by atoms with Crippen molar-refractivity contribution < 1.29 is 23.8 Å². The molecule has 30 heavy (non-hydrogen) atoms. The first kappa shape index (κ1) is 19.6. The van der Waals surface area contributed by atoms with E-state index >= 15 is 0 Å². The molecule has 4 rings (SSSR count). The van der Waals surface area contributed by atoms with Crippen molar-refractivity contribution in [2.75, 3.05) is 12.8 Å². The van der Waals surface area contributed by atoms with Crippen LogP contribution in [0.2, 0.25) is 0 Å². The molecule has 152 valence electrons. The number of nitrogens with two attached hydrogens (primary N) is 1. The molecule has 0 saturated heterocycles. The number of anilines is 1. The van der Waals surface area contributed by atoms with Crippen LogP contribution in [0.25, 0.3) is 22.0 Å². The molecule has 0 saturated carbocycles. The van der Waals surface area contributed by atoms with Crippen LogP contribution in [0.15, 0.2) is 46.5 Å². The van der Waals surface area contributed by atoms with Gasteiger partial charge in [-0.15, -0.1) is 11.3 Å². The molecule has 4 aromatic rings. The van der Waals surface area contributed by atoms with Crippen LogP contribution in [0.4, 0.5) is 5.69 Å². The summed E-state index contributed by atoms with van der Waals surface area (Å²) in [5, 5.41) is 16.7. The molecule has 0 amide bonds. The number of thiophene rings is 1. The van der Waals surface area contributed by atoms with Gasteiger partial charge in [-0.25, -0.2) is 4.98 Å². The summed E-state index contributed by atoms with van der Waals surface area (Å²) in [6.07, 6.45) is 1.93. The topological polar surface area (TPSA) is 118 Å². The third kappa shape index (κ3) is 3.39. The number of pyridine rings is 1. The number of aromatic nitrogens is 3. The number of ketones is 1. The minimum atomic E-state index is -0.842. The molecule has 0 unspecified atom stereocenters. The number of nitrogen functional groups attached to an aromatic ring is 1. The molecule has 0 fully saturated rings. The molecule has 1 aromatic carbocycles. The Morgan fingerprint density at radius 1 is 1.23 bits per heavy atom. The molecule has 3 heterocycles. The number of rotatable bonds is 5. The molecule has 0 bridgehead atoms. The van der Waals surface area contributed by atoms with Crippen LogP contribution in [-0.4, -0.2) is 23.1 Å². The smallest absolute Gasteiger partial charge is 0.312 e. The van der Waals surface area contributed by atoms with Gasteiger partial charge in [0.25, 0.3) is 5.78 Å². The van der Waals surface area contributed by atoms with Crippen molar-refractivity contribution in [1.29, 1.82) is 0 Å². The highest BCUT2D eigenvalue weighted by molar-refractivity contribution is 7.21. The number of methoxy groups -OCH3 is 1. The number of allylic oxidation sites excluding steroid dienone is 1. The molecule has 0 aliphatic heterocycles.